The summed E-state index contributed by atoms with van der Waals surface area (Å²) in [7, 11) is 0. The average molecular weight is 513 g/mol. The molecule has 0 bridgehead atoms. The lowest BCUT2D eigenvalue weighted by atomic mass is 9.86. The van der Waals surface area contributed by atoms with E-state index in [0.29, 0.717) is 13.0 Å². The SMILES string of the molecule is C=C(C)\C=C/C(=C\COC(=C)CCN1CCNCC1)C(=C(/CCCO)c1ccccc1)/c1ccc(C)cc1. The first kappa shape index (κ1) is 29.4. The second kappa shape index (κ2) is 15.9. The van der Waals surface area contributed by atoms with Gasteiger partial charge in [-0.3, -0.25) is 0 Å². The molecular formula is C34H44N2O2. The molecule has 0 unspecified atom stereocenters. The molecule has 4 nitrogen and oxygen atoms in total. The van der Waals surface area contributed by atoms with Crippen molar-refractivity contribution in [2.45, 2.75) is 33.1 Å². The fourth-order valence-electron chi connectivity index (χ4n) is 4.57. The number of hydrogen-bond donors (Lipinski definition) is 2. The van der Waals surface area contributed by atoms with Crippen LogP contribution in [0.25, 0.3) is 11.1 Å². The number of rotatable bonds is 14. The van der Waals surface area contributed by atoms with Gasteiger partial charge in [-0.05, 0) is 60.6 Å². The van der Waals surface area contributed by atoms with Crippen molar-refractivity contribution in [2.24, 2.45) is 0 Å². The Hall–Kier alpha value is -3.18. The maximum atomic E-state index is 9.71. The summed E-state index contributed by atoms with van der Waals surface area (Å²) in [5.41, 5.74) is 7.93. The minimum Gasteiger partial charge on any atom is -0.494 e. The molecule has 2 aromatic rings. The van der Waals surface area contributed by atoms with Crippen LogP contribution in [0.5, 0.6) is 0 Å². The Morgan fingerprint density at radius 2 is 1.68 bits per heavy atom. The maximum absolute atomic E-state index is 9.71. The van der Waals surface area contributed by atoms with Gasteiger partial charge in [0.2, 0.25) is 0 Å². The fourth-order valence-corrected chi connectivity index (χ4v) is 4.57. The molecule has 0 atom stereocenters. The Bertz CT molecular complexity index is 1120. The second-order valence-corrected chi connectivity index (χ2v) is 9.94. The van der Waals surface area contributed by atoms with Gasteiger partial charge in [0.1, 0.15) is 6.61 Å². The van der Waals surface area contributed by atoms with Crippen LogP contribution >= 0.6 is 0 Å². The van der Waals surface area contributed by atoms with Gasteiger partial charge in [-0.2, -0.15) is 0 Å². The summed E-state index contributed by atoms with van der Waals surface area (Å²) in [4.78, 5) is 2.45. The lowest BCUT2D eigenvalue weighted by Crippen LogP contribution is -2.43. The van der Waals surface area contributed by atoms with Crippen LogP contribution < -0.4 is 5.32 Å². The molecule has 1 aliphatic rings. The normalized spacial score (nSPS) is 15.4. The zero-order valence-electron chi connectivity index (χ0n) is 23.2. The van der Waals surface area contributed by atoms with Gasteiger partial charge >= 0.3 is 0 Å². The monoisotopic (exact) mass is 512 g/mol. The van der Waals surface area contributed by atoms with E-state index in [1.807, 2.05) is 19.1 Å². The van der Waals surface area contributed by atoms with Crippen molar-refractivity contribution in [1.82, 2.24) is 10.2 Å². The van der Waals surface area contributed by atoms with Gasteiger partial charge in [0.25, 0.3) is 0 Å². The molecule has 0 spiro atoms. The molecule has 0 amide bonds. The molecule has 4 heteroatoms. The summed E-state index contributed by atoms with van der Waals surface area (Å²) in [6.45, 7) is 18.2. The van der Waals surface area contributed by atoms with E-state index in [0.717, 1.165) is 79.2 Å². The van der Waals surface area contributed by atoms with E-state index in [2.05, 4.69) is 91.0 Å². The van der Waals surface area contributed by atoms with Crippen LogP contribution in [-0.4, -0.2) is 55.9 Å². The molecule has 2 aromatic carbocycles. The predicted octanol–water partition coefficient (Wildman–Crippen LogP) is 6.56. The highest BCUT2D eigenvalue weighted by Crippen LogP contribution is 2.36. The molecule has 3 rings (SSSR count). The summed E-state index contributed by atoms with van der Waals surface area (Å²) in [5, 5.41) is 13.1. The third-order valence-corrected chi connectivity index (χ3v) is 6.69. The molecule has 0 aliphatic carbocycles. The van der Waals surface area contributed by atoms with Crippen molar-refractivity contribution in [3.63, 3.8) is 0 Å². The van der Waals surface area contributed by atoms with Gasteiger partial charge in [-0.15, -0.1) is 0 Å². The standard InChI is InChI=1S/C34H44N2O2/c1-27(2)12-15-32(19-26-38-29(4)18-22-36-23-20-35-21-24-36)34(31-16-13-28(3)14-17-31)33(11-8-25-37)30-9-6-5-7-10-30/h5-7,9-10,12-17,19,35,37H,1,4,8,11,18,20-26H2,2-3H3/b15-12-,32-19+,34-33-. The Morgan fingerprint density at radius 3 is 2.34 bits per heavy atom. The summed E-state index contributed by atoms with van der Waals surface area (Å²) in [5.74, 6) is 0.812. The molecule has 38 heavy (non-hydrogen) atoms. The van der Waals surface area contributed by atoms with Crippen LogP contribution in [0.3, 0.4) is 0 Å². The average Bonchev–Trinajstić information content (AvgIpc) is 2.94. The minimum atomic E-state index is 0.147. The number of ether oxygens (including phenoxy) is 1. The molecule has 202 valence electrons. The number of aliphatic hydroxyl groups excluding tert-OH is 1. The summed E-state index contributed by atoms with van der Waals surface area (Å²) >= 11 is 0. The molecule has 1 aliphatic heterocycles. The number of allylic oxidation sites excluding steroid dienone is 6. The van der Waals surface area contributed by atoms with Crippen LogP contribution in [0.1, 0.15) is 42.9 Å². The number of hydrogen-bond acceptors (Lipinski definition) is 4. The predicted molar refractivity (Wildman–Crippen MR) is 162 cm³/mol. The van der Waals surface area contributed by atoms with Crippen molar-refractivity contribution in [3.8, 4) is 0 Å². The van der Waals surface area contributed by atoms with E-state index in [1.54, 1.807) is 0 Å². The number of nitrogens with zero attached hydrogens (tertiary/aromatic N) is 1. The van der Waals surface area contributed by atoms with Crippen LogP contribution in [0.15, 0.2) is 103 Å². The van der Waals surface area contributed by atoms with Gasteiger partial charge in [-0.1, -0.05) is 91.0 Å². The number of piperazine rings is 1. The highest BCUT2D eigenvalue weighted by atomic mass is 16.5. The first-order valence-corrected chi connectivity index (χ1v) is 13.7. The van der Waals surface area contributed by atoms with Crippen LogP contribution in [-0.2, 0) is 4.74 Å². The highest BCUT2D eigenvalue weighted by Gasteiger charge is 2.15. The first-order valence-electron chi connectivity index (χ1n) is 13.7. The van der Waals surface area contributed by atoms with Gasteiger partial charge in [0, 0.05) is 45.8 Å². The quantitative estimate of drug-likeness (QED) is 0.171. The Balaban J connectivity index is 1.95. The Morgan fingerprint density at radius 1 is 0.974 bits per heavy atom. The summed E-state index contributed by atoms with van der Waals surface area (Å²) in [6, 6.07) is 19.1. The number of aryl methyl sites for hydroxylation is 1. The van der Waals surface area contributed by atoms with E-state index >= 15 is 0 Å². The van der Waals surface area contributed by atoms with Gasteiger partial charge in [0.15, 0.2) is 0 Å². The summed E-state index contributed by atoms with van der Waals surface area (Å²) < 4.78 is 6.11. The largest absolute Gasteiger partial charge is 0.494 e. The number of nitrogens with one attached hydrogen (secondary N) is 1. The molecule has 1 saturated heterocycles. The lowest BCUT2D eigenvalue weighted by Gasteiger charge is -2.27. The Kier molecular flexibility index (Phi) is 12.3. The van der Waals surface area contributed by atoms with Crippen LogP contribution in [0, 0.1) is 6.92 Å². The molecule has 1 heterocycles. The number of aliphatic hydroxyl groups is 1. The van der Waals surface area contributed by atoms with E-state index in [1.165, 1.54) is 11.1 Å². The third kappa shape index (κ3) is 9.60. The van der Waals surface area contributed by atoms with Gasteiger partial charge in [-0.25, -0.2) is 0 Å². The zero-order valence-corrected chi connectivity index (χ0v) is 23.2. The fraction of sp³-hybridized carbons (Fsp3) is 0.353. The van der Waals surface area contributed by atoms with Crippen molar-refractivity contribution in [3.05, 3.63) is 120 Å². The highest BCUT2D eigenvalue weighted by molar-refractivity contribution is 5.99. The van der Waals surface area contributed by atoms with Crippen molar-refractivity contribution < 1.29 is 9.84 Å². The molecule has 1 fully saturated rings. The van der Waals surface area contributed by atoms with E-state index in [-0.39, 0.29) is 6.61 Å². The Labute approximate surface area is 229 Å². The molecule has 0 radical (unpaired) electrons. The molecule has 2 N–H and O–H groups in total. The third-order valence-electron chi connectivity index (χ3n) is 6.69. The molecule has 0 saturated carbocycles. The minimum absolute atomic E-state index is 0.147. The van der Waals surface area contributed by atoms with E-state index in [4.69, 9.17) is 4.74 Å². The smallest absolute Gasteiger partial charge is 0.107 e. The zero-order chi connectivity index (χ0) is 27.2. The van der Waals surface area contributed by atoms with Gasteiger partial charge < -0.3 is 20.1 Å². The molecule has 0 aromatic heterocycles. The van der Waals surface area contributed by atoms with Crippen LogP contribution in [0.2, 0.25) is 0 Å². The van der Waals surface area contributed by atoms with E-state index in [9.17, 15) is 5.11 Å². The topological polar surface area (TPSA) is 44.7 Å². The molecular weight excluding hydrogens is 468 g/mol. The summed E-state index contributed by atoms with van der Waals surface area (Å²) in [6.07, 6.45) is 8.61. The maximum Gasteiger partial charge on any atom is 0.107 e. The van der Waals surface area contributed by atoms with Crippen molar-refractivity contribution in [1.29, 1.82) is 0 Å². The van der Waals surface area contributed by atoms with Crippen molar-refractivity contribution >= 4 is 11.1 Å². The number of benzene rings is 2. The van der Waals surface area contributed by atoms with Crippen LogP contribution in [0.4, 0.5) is 0 Å². The lowest BCUT2D eigenvalue weighted by molar-refractivity contribution is 0.200. The van der Waals surface area contributed by atoms with E-state index < -0.39 is 0 Å². The first-order chi connectivity index (χ1) is 18.5. The second-order valence-electron chi connectivity index (χ2n) is 9.94. The van der Waals surface area contributed by atoms with Crippen molar-refractivity contribution in [2.75, 3.05) is 45.9 Å². The van der Waals surface area contributed by atoms with Gasteiger partial charge in [0.05, 0.1) is 5.76 Å².